The smallest absolute Gasteiger partial charge is 0.226 e. The lowest BCUT2D eigenvalue weighted by atomic mass is 9.91. The van der Waals surface area contributed by atoms with Crippen LogP contribution in [0.2, 0.25) is 0 Å². The van der Waals surface area contributed by atoms with Crippen LogP contribution in [0.3, 0.4) is 0 Å². The molecule has 0 radical (unpaired) electrons. The number of methoxy groups -OCH3 is 2. The number of ether oxygens (including phenoxy) is 2. The van der Waals surface area contributed by atoms with Gasteiger partial charge in [-0.25, -0.2) is 0 Å². The molecule has 0 aromatic heterocycles. The maximum Gasteiger partial charge on any atom is 0.226 e. The second-order valence-electron chi connectivity index (χ2n) is 5.67. The highest BCUT2D eigenvalue weighted by molar-refractivity contribution is 5.81. The minimum atomic E-state index is -0.470. The average Bonchev–Trinajstić information content (AvgIpc) is 2.50. The summed E-state index contributed by atoms with van der Waals surface area (Å²) in [6, 6.07) is 5.80. The number of hydrogen-bond donors (Lipinski definition) is 2. The molecule has 5 nitrogen and oxygen atoms in total. The van der Waals surface area contributed by atoms with Crippen molar-refractivity contribution >= 4 is 5.91 Å². The zero-order chi connectivity index (χ0) is 16.0. The highest BCUT2D eigenvalue weighted by Crippen LogP contribution is 2.29. The van der Waals surface area contributed by atoms with Gasteiger partial charge in [-0.1, -0.05) is 6.07 Å². The summed E-state index contributed by atoms with van der Waals surface area (Å²) in [6.45, 7) is 6.45. The van der Waals surface area contributed by atoms with Crippen LogP contribution in [0.4, 0.5) is 0 Å². The molecule has 0 aliphatic rings. The van der Waals surface area contributed by atoms with Gasteiger partial charge in [0.2, 0.25) is 5.91 Å². The lowest BCUT2D eigenvalue weighted by molar-refractivity contribution is -0.128. The molecule has 1 amide bonds. The minimum Gasteiger partial charge on any atom is -0.497 e. The lowest BCUT2D eigenvalue weighted by Gasteiger charge is -2.26. The molecular formula is C16H26N2O3. The molecule has 21 heavy (non-hydrogen) atoms. The Hall–Kier alpha value is -1.75. The van der Waals surface area contributed by atoms with Crippen LogP contribution in [0.15, 0.2) is 18.2 Å². The van der Waals surface area contributed by atoms with E-state index < -0.39 is 5.41 Å². The fraction of sp³-hybridized carbons (Fsp3) is 0.562. The fourth-order valence-electron chi connectivity index (χ4n) is 2.11. The molecule has 1 aromatic carbocycles. The van der Waals surface area contributed by atoms with Crippen LogP contribution in [0.25, 0.3) is 0 Å². The molecule has 0 spiro atoms. The van der Waals surface area contributed by atoms with Gasteiger partial charge < -0.3 is 20.1 Å². The van der Waals surface area contributed by atoms with Gasteiger partial charge in [-0.05, 0) is 26.8 Å². The van der Waals surface area contributed by atoms with E-state index in [4.69, 9.17) is 9.47 Å². The van der Waals surface area contributed by atoms with E-state index in [9.17, 15) is 4.79 Å². The third-order valence-electron chi connectivity index (χ3n) is 3.60. The standard InChI is InChI=1S/C16H26N2O3/c1-11(18-10-16(2,3)15(19)17-4)13-8-7-12(20-5)9-14(13)21-6/h7-9,11,18H,10H2,1-6H3,(H,17,19). The Kier molecular flexibility index (Phi) is 6.03. The number of benzene rings is 1. The molecule has 1 atom stereocenters. The maximum atomic E-state index is 11.8. The first-order valence-electron chi connectivity index (χ1n) is 7.03. The van der Waals surface area contributed by atoms with Crippen LogP contribution in [0.1, 0.15) is 32.4 Å². The Morgan fingerprint density at radius 1 is 1.29 bits per heavy atom. The molecule has 1 aromatic rings. The summed E-state index contributed by atoms with van der Waals surface area (Å²) < 4.78 is 10.6. The summed E-state index contributed by atoms with van der Waals surface area (Å²) in [4.78, 5) is 11.8. The molecule has 0 saturated heterocycles. The van der Waals surface area contributed by atoms with Gasteiger partial charge in [0.05, 0.1) is 19.6 Å². The van der Waals surface area contributed by atoms with Gasteiger partial charge in [0.1, 0.15) is 11.5 Å². The number of rotatable bonds is 7. The monoisotopic (exact) mass is 294 g/mol. The molecule has 0 aliphatic heterocycles. The van der Waals surface area contributed by atoms with Gasteiger partial charge in [0.25, 0.3) is 0 Å². The van der Waals surface area contributed by atoms with Crippen molar-refractivity contribution in [1.82, 2.24) is 10.6 Å². The number of amides is 1. The Bertz CT molecular complexity index is 486. The Balaban J connectivity index is 2.80. The van der Waals surface area contributed by atoms with Crippen molar-refractivity contribution in [3.8, 4) is 11.5 Å². The van der Waals surface area contributed by atoms with E-state index in [2.05, 4.69) is 10.6 Å². The minimum absolute atomic E-state index is 0.0175. The van der Waals surface area contributed by atoms with Crippen molar-refractivity contribution in [2.75, 3.05) is 27.8 Å². The average molecular weight is 294 g/mol. The van der Waals surface area contributed by atoms with Crippen molar-refractivity contribution in [3.63, 3.8) is 0 Å². The van der Waals surface area contributed by atoms with Crippen molar-refractivity contribution in [1.29, 1.82) is 0 Å². The first-order chi connectivity index (χ1) is 9.85. The topological polar surface area (TPSA) is 59.6 Å². The van der Waals surface area contributed by atoms with Crippen LogP contribution < -0.4 is 20.1 Å². The lowest BCUT2D eigenvalue weighted by Crippen LogP contribution is -2.42. The van der Waals surface area contributed by atoms with Crippen molar-refractivity contribution in [2.24, 2.45) is 5.41 Å². The van der Waals surface area contributed by atoms with Crippen LogP contribution >= 0.6 is 0 Å². The highest BCUT2D eigenvalue weighted by atomic mass is 16.5. The van der Waals surface area contributed by atoms with Gasteiger partial charge in [-0.3, -0.25) is 4.79 Å². The molecule has 118 valence electrons. The highest BCUT2D eigenvalue weighted by Gasteiger charge is 2.27. The molecule has 2 N–H and O–H groups in total. The molecule has 1 rings (SSSR count). The first-order valence-corrected chi connectivity index (χ1v) is 7.03. The summed E-state index contributed by atoms with van der Waals surface area (Å²) >= 11 is 0. The van der Waals surface area contributed by atoms with E-state index in [1.807, 2.05) is 39.0 Å². The Labute approximate surface area is 127 Å². The largest absolute Gasteiger partial charge is 0.497 e. The van der Waals surface area contributed by atoms with Gasteiger partial charge in [0, 0.05) is 31.3 Å². The number of hydrogen-bond acceptors (Lipinski definition) is 4. The SMILES string of the molecule is CNC(=O)C(C)(C)CNC(C)c1ccc(OC)cc1OC. The van der Waals surface area contributed by atoms with Crippen molar-refractivity contribution in [3.05, 3.63) is 23.8 Å². The summed E-state index contributed by atoms with van der Waals surface area (Å²) in [5.74, 6) is 1.55. The quantitative estimate of drug-likeness (QED) is 0.809. The Morgan fingerprint density at radius 2 is 1.95 bits per heavy atom. The second kappa shape index (κ2) is 7.31. The molecule has 1 unspecified atom stereocenters. The number of carbonyl (C=O) groups is 1. The zero-order valence-electron chi connectivity index (χ0n) is 13.7. The van der Waals surface area contributed by atoms with E-state index in [-0.39, 0.29) is 11.9 Å². The second-order valence-corrected chi connectivity index (χ2v) is 5.67. The van der Waals surface area contributed by atoms with E-state index >= 15 is 0 Å². The molecular weight excluding hydrogens is 268 g/mol. The van der Waals surface area contributed by atoms with Gasteiger partial charge in [-0.15, -0.1) is 0 Å². The predicted molar refractivity (Wildman–Crippen MR) is 83.8 cm³/mol. The Morgan fingerprint density at radius 3 is 2.48 bits per heavy atom. The van der Waals surface area contributed by atoms with Gasteiger partial charge in [-0.2, -0.15) is 0 Å². The van der Waals surface area contributed by atoms with Crippen LogP contribution in [0.5, 0.6) is 11.5 Å². The third kappa shape index (κ3) is 4.36. The van der Waals surface area contributed by atoms with Gasteiger partial charge >= 0.3 is 0 Å². The summed E-state index contributed by atoms with van der Waals surface area (Å²) in [5, 5.41) is 6.07. The third-order valence-corrected chi connectivity index (χ3v) is 3.60. The van der Waals surface area contributed by atoms with E-state index in [1.165, 1.54) is 0 Å². The fourth-order valence-corrected chi connectivity index (χ4v) is 2.11. The molecule has 0 bridgehead atoms. The molecule has 0 aliphatic carbocycles. The van der Waals surface area contributed by atoms with Crippen LogP contribution in [-0.4, -0.2) is 33.7 Å². The van der Waals surface area contributed by atoms with Crippen LogP contribution in [0, 0.1) is 5.41 Å². The zero-order valence-corrected chi connectivity index (χ0v) is 13.7. The van der Waals surface area contributed by atoms with E-state index in [0.29, 0.717) is 6.54 Å². The summed E-state index contributed by atoms with van der Waals surface area (Å²) in [5.41, 5.74) is 0.564. The summed E-state index contributed by atoms with van der Waals surface area (Å²) in [7, 11) is 4.92. The first kappa shape index (κ1) is 17.3. The van der Waals surface area contributed by atoms with Gasteiger partial charge in [0.15, 0.2) is 0 Å². The van der Waals surface area contributed by atoms with Crippen molar-refractivity contribution in [2.45, 2.75) is 26.8 Å². The predicted octanol–water partition coefficient (Wildman–Crippen LogP) is 2.13. The molecule has 0 saturated carbocycles. The summed E-state index contributed by atoms with van der Waals surface area (Å²) in [6.07, 6.45) is 0. The number of nitrogens with one attached hydrogen (secondary N) is 2. The van der Waals surface area contributed by atoms with Crippen LogP contribution in [-0.2, 0) is 4.79 Å². The van der Waals surface area contributed by atoms with Crippen molar-refractivity contribution < 1.29 is 14.3 Å². The van der Waals surface area contributed by atoms with E-state index in [1.54, 1.807) is 21.3 Å². The van der Waals surface area contributed by atoms with E-state index in [0.717, 1.165) is 17.1 Å². The number of carbonyl (C=O) groups excluding carboxylic acids is 1. The molecule has 0 heterocycles. The maximum absolute atomic E-state index is 11.8. The molecule has 0 fully saturated rings. The molecule has 5 heteroatoms. The normalized spacial score (nSPS) is 12.7.